The van der Waals surface area contributed by atoms with E-state index in [1.54, 1.807) is 0 Å². The highest BCUT2D eigenvalue weighted by molar-refractivity contribution is 5.85. The molecule has 2 fully saturated rings. The number of rotatable bonds is 5. The molecule has 2 aromatic rings. The van der Waals surface area contributed by atoms with Crippen molar-refractivity contribution in [2.45, 2.75) is 51.5 Å². The molecule has 1 aromatic carbocycles. The van der Waals surface area contributed by atoms with Gasteiger partial charge < -0.3 is 14.4 Å². The average Bonchev–Trinajstić information content (AvgIpc) is 3.15. The summed E-state index contributed by atoms with van der Waals surface area (Å²) in [6.45, 7) is 8.39. The summed E-state index contributed by atoms with van der Waals surface area (Å²) in [7, 11) is 0. The summed E-state index contributed by atoms with van der Waals surface area (Å²) < 4.78 is 7.13. The van der Waals surface area contributed by atoms with Crippen LogP contribution in [-0.2, 0) is 22.6 Å². The summed E-state index contributed by atoms with van der Waals surface area (Å²) in [5, 5.41) is 11.2. The number of fused-ring (bicyclic) bond motifs is 2. The van der Waals surface area contributed by atoms with Gasteiger partial charge in [0.05, 0.1) is 12.7 Å². The zero-order chi connectivity index (χ0) is 19.0. The van der Waals surface area contributed by atoms with Crippen LogP contribution in [0.1, 0.15) is 25.8 Å². The molecule has 3 atom stereocenters. The van der Waals surface area contributed by atoms with E-state index in [9.17, 15) is 9.90 Å². The lowest BCUT2D eigenvalue weighted by atomic mass is 10.1. The van der Waals surface area contributed by atoms with E-state index in [-0.39, 0.29) is 18.6 Å². The molecular formula is C21H29N3O3. The zero-order valence-electron chi connectivity index (χ0n) is 16.2. The first kappa shape index (κ1) is 18.5. The lowest BCUT2D eigenvalue weighted by molar-refractivity contribution is -0.143. The smallest absolute Gasteiger partial charge is 0.325 e. The van der Waals surface area contributed by atoms with Crippen molar-refractivity contribution in [3.63, 3.8) is 0 Å². The van der Waals surface area contributed by atoms with Crippen LogP contribution in [0.25, 0.3) is 10.9 Å². The maximum Gasteiger partial charge on any atom is 0.325 e. The summed E-state index contributed by atoms with van der Waals surface area (Å²) >= 11 is 0. The van der Waals surface area contributed by atoms with Crippen LogP contribution in [0.4, 0.5) is 0 Å². The number of para-hydroxylation sites is 1. The summed E-state index contributed by atoms with van der Waals surface area (Å²) in [6, 6.07) is 9.15. The highest BCUT2D eigenvalue weighted by atomic mass is 16.5. The van der Waals surface area contributed by atoms with E-state index in [4.69, 9.17) is 4.74 Å². The Bertz CT molecular complexity index is 818. The molecule has 27 heavy (non-hydrogen) atoms. The fourth-order valence-corrected chi connectivity index (χ4v) is 4.64. The van der Waals surface area contributed by atoms with E-state index in [1.165, 1.54) is 10.9 Å². The van der Waals surface area contributed by atoms with Gasteiger partial charge >= 0.3 is 5.97 Å². The molecule has 146 valence electrons. The van der Waals surface area contributed by atoms with Crippen molar-refractivity contribution in [3.05, 3.63) is 36.0 Å². The first-order valence-corrected chi connectivity index (χ1v) is 9.93. The number of hydrogen-bond donors (Lipinski definition) is 1. The van der Waals surface area contributed by atoms with Gasteiger partial charge in [-0.1, -0.05) is 18.2 Å². The monoisotopic (exact) mass is 371 g/mol. The molecule has 1 N–H and O–H groups in total. The predicted molar refractivity (Wildman–Crippen MR) is 104 cm³/mol. The Hall–Kier alpha value is -1.89. The first-order chi connectivity index (χ1) is 13.0. The van der Waals surface area contributed by atoms with Crippen molar-refractivity contribution in [1.29, 1.82) is 0 Å². The van der Waals surface area contributed by atoms with Gasteiger partial charge in [0.15, 0.2) is 0 Å². The van der Waals surface area contributed by atoms with E-state index < -0.39 is 0 Å². The number of aliphatic hydroxyl groups excluding tert-OH is 1. The normalized spacial score (nSPS) is 26.4. The molecule has 0 saturated carbocycles. The third kappa shape index (κ3) is 3.74. The molecule has 6 heteroatoms. The van der Waals surface area contributed by atoms with Crippen molar-refractivity contribution < 1.29 is 14.6 Å². The molecule has 2 aliphatic heterocycles. The van der Waals surface area contributed by atoms with Crippen LogP contribution in [0.3, 0.4) is 0 Å². The largest absolute Gasteiger partial charge is 0.465 e. The number of carbonyl (C=O) groups is 1. The number of esters is 1. The number of nitrogens with zero attached hydrogens (tertiary/aromatic N) is 3. The fourth-order valence-electron chi connectivity index (χ4n) is 4.64. The molecule has 2 saturated heterocycles. The molecule has 0 unspecified atom stereocenters. The van der Waals surface area contributed by atoms with Crippen molar-refractivity contribution in [2.24, 2.45) is 0 Å². The van der Waals surface area contributed by atoms with Crippen molar-refractivity contribution >= 4 is 16.9 Å². The maximum atomic E-state index is 12.0. The average molecular weight is 371 g/mol. The van der Waals surface area contributed by atoms with Crippen molar-refractivity contribution in [1.82, 2.24) is 14.4 Å². The Morgan fingerprint density at radius 2 is 2.07 bits per heavy atom. The van der Waals surface area contributed by atoms with Crippen LogP contribution in [-0.4, -0.2) is 69.9 Å². The topological polar surface area (TPSA) is 57.9 Å². The Labute approximate surface area is 160 Å². The standard InChI is InChI=1S/C21H29N3O3/c1-3-27-21(26)14-24-11-16(19-6-4-5-7-20(19)24)10-22-12-17-8-18(25)13-23(17)9-15(22)2/h4-7,11,15,17-18,25H,3,8-10,12-14H2,1-2H3/t15-,17-,18-/m1/s1. The number of carbonyl (C=O) groups excluding carboxylic acids is 1. The zero-order valence-corrected chi connectivity index (χ0v) is 16.2. The van der Waals surface area contributed by atoms with Gasteiger partial charge in [-0.05, 0) is 31.9 Å². The number of aliphatic hydroxyl groups is 1. The van der Waals surface area contributed by atoms with Gasteiger partial charge in [-0.3, -0.25) is 14.6 Å². The molecule has 3 heterocycles. The molecule has 0 spiro atoms. The molecule has 2 aliphatic rings. The van der Waals surface area contributed by atoms with Crippen LogP contribution in [0, 0.1) is 0 Å². The number of piperazine rings is 1. The van der Waals surface area contributed by atoms with Gasteiger partial charge in [0.1, 0.15) is 6.54 Å². The van der Waals surface area contributed by atoms with E-state index in [0.29, 0.717) is 18.7 Å². The van der Waals surface area contributed by atoms with Gasteiger partial charge in [-0.25, -0.2) is 0 Å². The highest BCUT2D eigenvalue weighted by Gasteiger charge is 2.38. The molecule has 0 amide bonds. The van der Waals surface area contributed by atoms with E-state index >= 15 is 0 Å². The van der Waals surface area contributed by atoms with Crippen molar-refractivity contribution in [3.8, 4) is 0 Å². The second-order valence-electron chi connectivity index (χ2n) is 7.88. The number of aromatic nitrogens is 1. The lowest BCUT2D eigenvalue weighted by Crippen LogP contribution is -2.54. The summed E-state index contributed by atoms with van der Waals surface area (Å²) in [4.78, 5) is 16.9. The van der Waals surface area contributed by atoms with Gasteiger partial charge in [0, 0.05) is 55.4 Å². The lowest BCUT2D eigenvalue weighted by Gasteiger charge is -2.42. The molecule has 4 rings (SSSR count). The minimum Gasteiger partial charge on any atom is -0.465 e. The second kappa shape index (κ2) is 7.62. The van der Waals surface area contributed by atoms with Crippen LogP contribution >= 0.6 is 0 Å². The molecule has 0 radical (unpaired) electrons. The first-order valence-electron chi connectivity index (χ1n) is 9.93. The van der Waals surface area contributed by atoms with Crippen molar-refractivity contribution in [2.75, 3.05) is 26.2 Å². The second-order valence-corrected chi connectivity index (χ2v) is 7.88. The Morgan fingerprint density at radius 1 is 1.26 bits per heavy atom. The van der Waals surface area contributed by atoms with Gasteiger partial charge in [-0.15, -0.1) is 0 Å². The summed E-state index contributed by atoms with van der Waals surface area (Å²) in [6.07, 6.45) is 2.78. The Morgan fingerprint density at radius 3 is 2.89 bits per heavy atom. The van der Waals surface area contributed by atoms with E-state index in [2.05, 4.69) is 41.1 Å². The number of hydrogen-bond acceptors (Lipinski definition) is 5. The highest BCUT2D eigenvalue weighted by Crippen LogP contribution is 2.28. The molecule has 1 aromatic heterocycles. The fraction of sp³-hybridized carbons (Fsp3) is 0.571. The molecule has 0 bridgehead atoms. The van der Waals surface area contributed by atoms with Gasteiger partial charge in [-0.2, -0.15) is 0 Å². The van der Waals surface area contributed by atoms with Crippen LogP contribution < -0.4 is 0 Å². The number of benzene rings is 1. The molecule has 0 aliphatic carbocycles. The molecular weight excluding hydrogens is 342 g/mol. The SMILES string of the molecule is CCOC(=O)Cn1cc(CN2C[C@H]3C[C@@H](O)CN3C[C@H]2C)c2ccccc21. The Kier molecular flexibility index (Phi) is 5.21. The van der Waals surface area contributed by atoms with Crippen LogP contribution in [0.5, 0.6) is 0 Å². The number of ether oxygens (including phenoxy) is 1. The minimum absolute atomic E-state index is 0.186. The van der Waals surface area contributed by atoms with E-state index in [1.807, 2.05) is 17.6 Å². The minimum atomic E-state index is -0.202. The quantitative estimate of drug-likeness (QED) is 0.813. The third-order valence-electron chi connectivity index (χ3n) is 5.92. The third-order valence-corrected chi connectivity index (χ3v) is 5.92. The predicted octanol–water partition coefficient (Wildman–Crippen LogP) is 1.84. The molecule has 6 nitrogen and oxygen atoms in total. The van der Waals surface area contributed by atoms with Crippen LogP contribution in [0.15, 0.2) is 30.5 Å². The van der Waals surface area contributed by atoms with Gasteiger partial charge in [0.25, 0.3) is 0 Å². The van der Waals surface area contributed by atoms with Crippen LogP contribution in [0.2, 0.25) is 0 Å². The summed E-state index contributed by atoms with van der Waals surface area (Å²) in [5.41, 5.74) is 2.32. The van der Waals surface area contributed by atoms with Gasteiger partial charge in [0.2, 0.25) is 0 Å². The maximum absolute atomic E-state index is 12.0. The Balaban J connectivity index is 1.56. The van der Waals surface area contributed by atoms with E-state index in [0.717, 1.165) is 38.1 Å². The summed E-state index contributed by atoms with van der Waals surface area (Å²) in [5.74, 6) is -0.202.